The Morgan fingerprint density at radius 1 is 0.867 bits per heavy atom. The van der Waals surface area contributed by atoms with Gasteiger partial charge in [-0.25, -0.2) is 0 Å². The minimum Gasteiger partial charge on any atom is -0.497 e. The molecule has 0 saturated heterocycles. The number of carbonyl (C=O) groups excluding carboxylic acids is 2. The summed E-state index contributed by atoms with van der Waals surface area (Å²) in [5.74, 6) is -1.21. The van der Waals surface area contributed by atoms with E-state index in [4.69, 9.17) is 4.74 Å². The zero-order chi connectivity index (χ0) is 21.3. The van der Waals surface area contributed by atoms with Gasteiger partial charge in [-0.05, 0) is 23.3 Å². The van der Waals surface area contributed by atoms with Gasteiger partial charge in [-0.2, -0.15) is 0 Å². The molecule has 0 N–H and O–H groups in total. The Hall–Kier alpha value is -3.80. The van der Waals surface area contributed by atoms with Crippen LogP contribution in [0.5, 0.6) is 5.75 Å². The van der Waals surface area contributed by atoms with Crippen molar-refractivity contribution in [3.05, 3.63) is 111 Å². The molecule has 0 radical (unpaired) electrons. The number of ketones is 2. The molecule has 0 unspecified atom stereocenters. The number of carbonyl (C=O) groups is 2. The first-order valence-electron chi connectivity index (χ1n) is 9.50. The molecule has 6 nitrogen and oxygen atoms in total. The van der Waals surface area contributed by atoms with Gasteiger partial charge in [-0.15, -0.1) is 0 Å². The number of nitrogens with zero attached hydrogens (tertiary/aromatic N) is 1. The van der Waals surface area contributed by atoms with Crippen LogP contribution in [-0.4, -0.2) is 30.1 Å². The van der Waals surface area contributed by atoms with Gasteiger partial charge in [0.25, 0.3) is 0 Å². The van der Waals surface area contributed by atoms with Gasteiger partial charge in [0.05, 0.1) is 13.0 Å². The Morgan fingerprint density at radius 3 is 1.90 bits per heavy atom. The number of Topliss-reactive ketones (excluding diaryl/α,β-unsaturated/α-hetero) is 2. The number of methoxy groups -OCH3 is 1. The van der Waals surface area contributed by atoms with Crippen LogP contribution in [-0.2, 0) is 5.41 Å². The molecule has 0 amide bonds. The van der Waals surface area contributed by atoms with Crippen LogP contribution in [0.3, 0.4) is 0 Å². The predicted octanol–water partition coefficient (Wildman–Crippen LogP) is 4.07. The van der Waals surface area contributed by atoms with Crippen LogP contribution in [0.4, 0.5) is 0 Å². The molecule has 0 bridgehead atoms. The monoisotopic (exact) mass is 401 g/mol. The summed E-state index contributed by atoms with van der Waals surface area (Å²) in [5.41, 5.74) is -0.113. The summed E-state index contributed by atoms with van der Waals surface area (Å²) in [7, 11) is 1.52. The molecule has 1 aliphatic rings. The van der Waals surface area contributed by atoms with Crippen LogP contribution in [0, 0.1) is 10.1 Å². The van der Waals surface area contributed by atoms with Crippen molar-refractivity contribution in [1.82, 2.24) is 0 Å². The summed E-state index contributed by atoms with van der Waals surface area (Å²) in [4.78, 5) is 38.8. The molecule has 1 aliphatic carbocycles. The van der Waals surface area contributed by atoms with Crippen molar-refractivity contribution in [2.45, 2.75) is 11.3 Å². The van der Waals surface area contributed by atoms with Gasteiger partial charge in [0.1, 0.15) is 11.2 Å². The van der Waals surface area contributed by atoms with Gasteiger partial charge in [0.15, 0.2) is 11.6 Å². The molecule has 0 heterocycles. The SMILES string of the molecule is COc1ccc([C@H](C[N+](=O)[O-])C2(c3ccccc3)C(=O)c3ccccc3C2=O)cc1. The lowest BCUT2D eigenvalue weighted by Gasteiger charge is -2.33. The van der Waals surface area contributed by atoms with Crippen LogP contribution in [0.2, 0.25) is 0 Å². The smallest absolute Gasteiger partial charge is 0.212 e. The molecule has 0 fully saturated rings. The Morgan fingerprint density at radius 2 is 1.40 bits per heavy atom. The highest BCUT2D eigenvalue weighted by Gasteiger charge is 2.60. The third kappa shape index (κ3) is 2.88. The van der Waals surface area contributed by atoms with E-state index in [1.165, 1.54) is 7.11 Å². The first-order chi connectivity index (χ1) is 14.5. The van der Waals surface area contributed by atoms with Gasteiger partial charge in [0.2, 0.25) is 6.54 Å². The van der Waals surface area contributed by atoms with Gasteiger partial charge in [-0.1, -0.05) is 66.7 Å². The predicted molar refractivity (Wildman–Crippen MR) is 111 cm³/mol. The molecule has 3 aromatic carbocycles. The normalized spacial score (nSPS) is 15.5. The fourth-order valence-corrected chi connectivity index (χ4v) is 4.37. The second-order valence-electron chi connectivity index (χ2n) is 7.22. The largest absolute Gasteiger partial charge is 0.497 e. The molecular weight excluding hydrogens is 382 g/mol. The third-order valence-corrected chi connectivity index (χ3v) is 5.73. The fraction of sp³-hybridized carbons (Fsp3) is 0.167. The standard InChI is InChI=1S/C24H19NO5/c1-30-18-13-11-16(12-14-18)21(15-25(28)29)24(17-7-3-2-4-8-17)22(26)19-9-5-6-10-20(19)23(24)27/h2-14,21H,15H2,1H3/t21-/m0/s1. The average molecular weight is 401 g/mol. The second-order valence-corrected chi connectivity index (χ2v) is 7.22. The lowest BCUT2D eigenvalue weighted by atomic mass is 9.64. The Bertz CT molecular complexity index is 1090. The quantitative estimate of drug-likeness (QED) is 0.353. The van der Waals surface area contributed by atoms with E-state index in [0.717, 1.165) is 0 Å². The first kappa shape index (κ1) is 19.5. The number of hydrogen-bond acceptors (Lipinski definition) is 5. The van der Waals surface area contributed by atoms with E-state index in [0.29, 0.717) is 28.0 Å². The van der Waals surface area contributed by atoms with Crippen molar-refractivity contribution in [3.8, 4) is 5.75 Å². The summed E-state index contributed by atoms with van der Waals surface area (Å²) in [6.45, 7) is -0.563. The Balaban J connectivity index is 2.00. The average Bonchev–Trinajstić information content (AvgIpc) is 3.01. The van der Waals surface area contributed by atoms with E-state index in [9.17, 15) is 19.7 Å². The molecule has 1 atom stereocenters. The van der Waals surface area contributed by atoms with Crippen LogP contribution >= 0.6 is 0 Å². The number of ether oxygens (including phenoxy) is 1. The Kier molecular flexibility index (Phi) is 4.91. The lowest BCUT2D eigenvalue weighted by molar-refractivity contribution is -0.484. The second kappa shape index (κ2) is 7.55. The van der Waals surface area contributed by atoms with Crippen molar-refractivity contribution >= 4 is 11.6 Å². The van der Waals surface area contributed by atoms with E-state index < -0.39 is 34.4 Å². The van der Waals surface area contributed by atoms with Gasteiger partial charge in [-0.3, -0.25) is 19.7 Å². The zero-order valence-electron chi connectivity index (χ0n) is 16.3. The lowest BCUT2D eigenvalue weighted by Crippen LogP contribution is -2.46. The summed E-state index contributed by atoms with van der Waals surface area (Å²) in [5, 5.41) is 11.7. The molecule has 0 saturated carbocycles. The molecule has 6 heteroatoms. The maximum atomic E-state index is 13.8. The summed E-state index contributed by atoms with van der Waals surface area (Å²) in [6, 6.07) is 22.0. The van der Waals surface area contributed by atoms with Crippen LogP contribution in [0.15, 0.2) is 78.9 Å². The van der Waals surface area contributed by atoms with Crippen LogP contribution < -0.4 is 4.74 Å². The number of rotatable bonds is 6. The minimum atomic E-state index is -1.70. The maximum absolute atomic E-state index is 13.8. The van der Waals surface area contributed by atoms with Crippen molar-refractivity contribution in [2.75, 3.05) is 13.7 Å². The van der Waals surface area contributed by atoms with Crippen LogP contribution in [0.25, 0.3) is 0 Å². The maximum Gasteiger partial charge on any atom is 0.212 e. The van der Waals surface area contributed by atoms with E-state index in [1.807, 2.05) is 0 Å². The molecule has 30 heavy (non-hydrogen) atoms. The van der Waals surface area contributed by atoms with Crippen molar-refractivity contribution in [3.63, 3.8) is 0 Å². The van der Waals surface area contributed by atoms with Gasteiger partial charge >= 0.3 is 0 Å². The van der Waals surface area contributed by atoms with Crippen molar-refractivity contribution in [2.24, 2.45) is 0 Å². The number of hydrogen-bond donors (Lipinski definition) is 0. The zero-order valence-corrected chi connectivity index (χ0v) is 16.3. The summed E-state index contributed by atoms with van der Waals surface area (Å²) in [6.07, 6.45) is 0. The van der Waals surface area contributed by atoms with E-state index >= 15 is 0 Å². The minimum absolute atomic E-state index is 0.299. The Labute approximate surface area is 173 Å². The van der Waals surface area contributed by atoms with E-state index in [1.54, 1.807) is 78.9 Å². The topological polar surface area (TPSA) is 86.5 Å². The molecule has 0 aliphatic heterocycles. The molecule has 0 spiro atoms. The van der Waals surface area contributed by atoms with Gasteiger partial charge < -0.3 is 4.74 Å². The molecule has 3 aromatic rings. The van der Waals surface area contributed by atoms with Gasteiger partial charge in [0, 0.05) is 16.1 Å². The number of benzene rings is 3. The molecule has 4 rings (SSSR count). The van der Waals surface area contributed by atoms with E-state index in [2.05, 4.69) is 0 Å². The van der Waals surface area contributed by atoms with E-state index in [-0.39, 0.29) is 0 Å². The highest BCUT2D eigenvalue weighted by atomic mass is 16.6. The highest BCUT2D eigenvalue weighted by molar-refractivity contribution is 6.33. The molecule has 0 aromatic heterocycles. The molecule has 150 valence electrons. The van der Waals surface area contributed by atoms with Crippen molar-refractivity contribution in [1.29, 1.82) is 0 Å². The number of fused-ring (bicyclic) bond motifs is 1. The van der Waals surface area contributed by atoms with Crippen molar-refractivity contribution < 1.29 is 19.2 Å². The number of nitro groups is 1. The first-order valence-corrected chi connectivity index (χ1v) is 9.50. The fourth-order valence-electron chi connectivity index (χ4n) is 4.37. The molecular formula is C24H19NO5. The van der Waals surface area contributed by atoms with Crippen LogP contribution in [0.1, 0.15) is 37.8 Å². The summed E-state index contributed by atoms with van der Waals surface area (Å²) >= 11 is 0. The highest BCUT2D eigenvalue weighted by Crippen LogP contribution is 2.49. The summed E-state index contributed by atoms with van der Waals surface area (Å²) < 4.78 is 5.19. The third-order valence-electron chi connectivity index (χ3n) is 5.73.